The van der Waals surface area contributed by atoms with E-state index in [1.807, 2.05) is 47.3 Å². The highest BCUT2D eigenvalue weighted by Crippen LogP contribution is 2.22. The van der Waals surface area contributed by atoms with Crippen LogP contribution in [0.25, 0.3) is 5.69 Å². The smallest absolute Gasteiger partial charge is 0.211 e. The summed E-state index contributed by atoms with van der Waals surface area (Å²) in [6.07, 6.45) is 7.53. The number of nitrogens with two attached hydrogens (primary N) is 2. The minimum atomic E-state index is -0.0767. The van der Waals surface area contributed by atoms with Gasteiger partial charge in [-0.2, -0.15) is 5.10 Å². The van der Waals surface area contributed by atoms with Gasteiger partial charge >= 0.3 is 0 Å². The van der Waals surface area contributed by atoms with Crippen molar-refractivity contribution in [3.05, 3.63) is 48.3 Å². The van der Waals surface area contributed by atoms with Crippen molar-refractivity contribution in [2.75, 3.05) is 6.61 Å². The largest absolute Gasteiger partial charge is 0.491 e. The van der Waals surface area contributed by atoms with Crippen LogP contribution >= 0.6 is 0 Å². The molecule has 2 aromatic rings. The molecule has 0 atom stereocenters. The van der Waals surface area contributed by atoms with Crippen LogP contribution in [0.5, 0.6) is 5.75 Å². The van der Waals surface area contributed by atoms with E-state index in [-0.39, 0.29) is 5.96 Å². The van der Waals surface area contributed by atoms with E-state index in [1.54, 1.807) is 6.21 Å². The summed E-state index contributed by atoms with van der Waals surface area (Å²) in [5.74, 6) is 0.680. The summed E-state index contributed by atoms with van der Waals surface area (Å²) < 4.78 is 7.80. The molecule has 22 heavy (non-hydrogen) atoms. The van der Waals surface area contributed by atoms with Gasteiger partial charge in [0.2, 0.25) is 5.96 Å². The third-order valence-electron chi connectivity index (χ3n) is 3.00. The molecule has 0 saturated heterocycles. The van der Waals surface area contributed by atoms with Crippen molar-refractivity contribution in [2.45, 2.75) is 19.8 Å². The van der Waals surface area contributed by atoms with E-state index < -0.39 is 0 Å². The molecule has 0 unspecified atom stereocenters. The van der Waals surface area contributed by atoms with E-state index >= 15 is 0 Å². The van der Waals surface area contributed by atoms with Crippen LogP contribution in [0.4, 0.5) is 0 Å². The van der Waals surface area contributed by atoms with Crippen molar-refractivity contribution in [3.8, 4) is 11.4 Å². The minimum Gasteiger partial charge on any atom is -0.491 e. The Labute approximate surface area is 130 Å². The van der Waals surface area contributed by atoms with Crippen LogP contribution in [0.2, 0.25) is 0 Å². The Hall–Kier alpha value is -2.76. The summed E-state index contributed by atoms with van der Waals surface area (Å²) in [5, 5.41) is 7.47. The average Bonchev–Trinajstić information content (AvgIpc) is 2.91. The Balaban J connectivity index is 2.26. The van der Waals surface area contributed by atoms with E-state index in [2.05, 4.69) is 17.1 Å². The fraction of sp³-hybridized carbons (Fsp3) is 0.250. The fourth-order valence-electron chi connectivity index (χ4n) is 1.90. The number of guanidine groups is 1. The number of ether oxygens (including phenoxy) is 1. The Morgan fingerprint density at radius 1 is 1.23 bits per heavy atom. The SMILES string of the molecule is CCCCOc1cn(-c2ccccc2)cc1/C=N/N=C(N)N. The molecule has 0 aliphatic rings. The van der Waals surface area contributed by atoms with Gasteiger partial charge in [0.25, 0.3) is 0 Å². The number of benzene rings is 1. The molecule has 0 bridgehead atoms. The van der Waals surface area contributed by atoms with Crippen molar-refractivity contribution in [1.82, 2.24) is 4.57 Å². The van der Waals surface area contributed by atoms with Gasteiger partial charge in [0, 0.05) is 11.9 Å². The molecule has 0 spiro atoms. The maximum atomic E-state index is 5.81. The highest BCUT2D eigenvalue weighted by molar-refractivity contribution is 5.84. The van der Waals surface area contributed by atoms with Crippen molar-refractivity contribution >= 4 is 12.2 Å². The lowest BCUT2D eigenvalue weighted by molar-refractivity contribution is 0.309. The topological polar surface area (TPSA) is 90.9 Å². The van der Waals surface area contributed by atoms with Crippen LogP contribution in [0.1, 0.15) is 25.3 Å². The van der Waals surface area contributed by atoms with Crippen LogP contribution < -0.4 is 16.2 Å². The van der Waals surface area contributed by atoms with Crippen molar-refractivity contribution in [3.63, 3.8) is 0 Å². The van der Waals surface area contributed by atoms with Gasteiger partial charge in [0.1, 0.15) is 5.75 Å². The lowest BCUT2D eigenvalue weighted by Crippen LogP contribution is -2.21. The zero-order valence-corrected chi connectivity index (χ0v) is 12.6. The van der Waals surface area contributed by atoms with Crippen LogP contribution in [0.3, 0.4) is 0 Å². The first-order valence-corrected chi connectivity index (χ1v) is 7.23. The monoisotopic (exact) mass is 299 g/mol. The summed E-state index contributed by atoms with van der Waals surface area (Å²) in [4.78, 5) is 0. The molecule has 0 aliphatic heterocycles. The third-order valence-corrected chi connectivity index (χ3v) is 3.00. The first kappa shape index (κ1) is 15.6. The fourth-order valence-corrected chi connectivity index (χ4v) is 1.90. The van der Waals surface area contributed by atoms with E-state index in [9.17, 15) is 0 Å². The van der Waals surface area contributed by atoms with Crippen molar-refractivity contribution in [2.24, 2.45) is 21.7 Å². The molecule has 0 amide bonds. The molecule has 0 aliphatic carbocycles. The van der Waals surface area contributed by atoms with Gasteiger partial charge < -0.3 is 20.8 Å². The molecule has 1 aromatic heterocycles. The summed E-state index contributed by atoms with van der Waals surface area (Å²) in [6.45, 7) is 2.79. The number of aromatic nitrogens is 1. The van der Waals surface area contributed by atoms with Crippen molar-refractivity contribution in [1.29, 1.82) is 0 Å². The summed E-state index contributed by atoms with van der Waals surface area (Å²) in [7, 11) is 0. The molecule has 2 rings (SSSR count). The van der Waals surface area contributed by atoms with Gasteiger partial charge in [0.15, 0.2) is 0 Å². The molecule has 6 heteroatoms. The molecule has 4 N–H and O–H groups in total. The molecular formula is C16H21N5O. The van der Waals surface area contributed by atoms with Crippen LogP contribution in [0, 0.1) is 0 Å². The van der Waals surface area contributed by atoms with E-state index in [0.717, 1.165) is 29.8 Å². The van der Waals surface area contributed by atoms with Crippen molar-refractivity contribution < 1.29 is 4.74 Å². The first-order valence-electron chi connectivity index (χ1n) is 7.23. The maximum absolute atomic E-state index is 5.81. The highest BCUT2D eigenvalue weighted by atomic mass is 16.5. The van der Waals surface area contributed by atoms with Crippen LogP contribution in [-0.2, 0) is 0 Å². The van der Waals surface area contributed by atoms with Gasteiger partial charge in [-0.1, -0.05) is 31.5 Å². The molecule has 0 saturated carbocycles. The minimum absolute atomic E-state index is 0.0767. The third kappa shape index (κ3) is 4.37. The number of nitrogens with zero attached hydrogens (tertiary/aromatic N) is 3. The summed E-state index contributed by atoms with van der Waals surface area (Å²) in [6, 6.07) is 9.99. The lowest BCUT2D eigenvalue weighted by Gasteiger charge is -2.03. The number of hydrogen-bond acceptors (Lipinski definition) is 3. The molecule has 116 valence electrons. The van der Waals surface area contributed by atoms with E-state index in [1.165, 1.54) is 0 Å². The summed E-state index contributed by atoms with van der Waals surface area (Å²) >= 11 is 0. The zero-order valence-electron chi connectivity index (χ0n) is 12.6. The van der Waals surface area contributed by atoms with Gasteiger partial charge in [0.05, 0.1) is 24.6 Å². The second-order valence-corrected chi connectivity index (χ2v) is 4.79. The normalized spacial score (nSPS) is 10.8. The van der Waals surface area contributed by atoms with E-state index in [4.69, 9.17) is 16.2 Å². The second kappa shape index (κ2) is 7.87. The van der Waals surface area contributed by atoms with Gasteiger partial charge in [-0.15, -0.1) is 5.10 Å². The predicted molar refractivity (Wildman–Crippen MR) is 89.6 cm³/mol. The standard InChI is InChI=1S/C16H21N5O/c1-2-3-9-22-15-12-21(14-7-5-4-6-8-14)11-13(15)10-19-20-16(17)18/h4-8,10-12H,2-3,9H2,1H3,(H4,17,18,20)/b19-10+. The maximum Gasteiger partial charge on any atom is 0.211 e. The molecule has 0 radical (unpaired) electrons. The number of hydrogen-bond donors (Lipinski definition) is 2. The Morgan fingerprint density at radius 3 is 2.68 bits per heavy atom. The van der Waals surface area contributed by atoms with Crippen LogP contribution in [0.15, 0.2) is 52.9 Å². The molecule has 1 aromatic carbocycles. The predicted octanol–water partition coefficient (Wildman–Crippen LogP) is 2.26. The quantitative estimate of drug-likeness (QED) is 0.355. The lowest BCUT2D eigenvalue weighted by atomic mass is 10.3. The second-order valence-electron chi connectivity index (χ2n) is 4.79. The van der Waals surface area contributed by atoms with Gasteiger partial charge in [-0.05, 0) is 18.6 Å². The van der Waals surface area contributed by atoms with E-state index in [0.29, 0.717) is 6.61 Å². The van der Waals surface area contributed by atoms with Gasteiger partial charge in [-0.25, -0.2) is 0 Å². The first-order chi connectivity index (χ1) is 10.7. The molecular weight excluding hydrogens is 278 g/mol. The Morgan fingerprint density at radius 2 is 2.00 bits per heavy atom. The van der Waals surface area contributed by atoms with Crippen LogP contribution in [-0.4, -0.2) is 23.3 Å². The molecule has 0 fully saturated rings. The Bertz CT molecular complexity index is 642. The number of para-hydroxylation sites is 1. The van der Waals surface area contributed by atoms with Gasteiger partial charge in [-0.3, -0.25) is 0 Å². The number of rotatable bonds is 7. The number of unbranched alkanes of at least 4 members (excludes halogenated alkanes) is 1. The molecule has 1 heterocycles. The molecule has 6 nitrogen and oxygen atoms in total. The summed E-state index contributed by atoms with van der Waals surface area (Å²) in [5.41, 5.74) is 12.4. The highest BCUT2D eigenvalue weighted by Gasteiger charge is 2.07. The Kier molecular flexibility index (Phi) is 5.59. The zero-order chi connectivity index (χ0) is 15.8. The average molecular weight is 299 g/mol.